The van der Waals surface area contributed by atoms with Gasteiger partial charge in [-0.15, -0.1) is 0 Å². The molecule has 35 heavy (non-hydrogen) atoms. The summed E-state index contributed by atoms with van der Waals surface area (Å²) >= 11 is 0. The van der Waals surface area contributed by atoms with E-state index in [1.807, 2.05) is 66.7 Å². The molecule has 3 aromatic rings. The van der Waals surface area contributed by atoms with Gasteiger partial charge >= 0.3 is 0 Å². The third kappa shape index (κ3) is 6.82. The maximum Gasteiger partial charge on any atom is 0.243 e. The summed E-state index contributed by atoms with van der Waals surface area (Å²) in [6.45, 7) is 4.55. The van der Waals surface area contributed by atoms with E-state index in [1.54, 1.807) is 4.90 Å². The molecular weight excluding hydrogens is 432 g/mol. The summed E-state index contributed by atoms with van der Waals surface area (Å²) in [7, 11) is 0. The number of aryl methyl sites for hydroxylation is 2. The highest BCUT2D eigenvalue weighted by atomic mass is 16.2. The van der Waals surface area contributed by atoms with Gasteiger partial charge in [0.15, 0.2) is 0 Å². The quantitative estimate of drug-likeness (QED) is 0.448. The van der Waals surface area contributed by atoms with E-state index in [4.69, 9.17) is 0 Å². The van der Waals surface area contributed by atoms with Crippen LogP contribution in [0.3, 0.4) is 0 Å². The third-order valence-corrected chi connectivity index (χ3v) is 7.10. The molecule has 1 atom stereocenters. The van der Waals surface area contributed by atoms with Gasteiger partial charge < -0.3 is 10.2 Å². The third-order valence-electron chi connectivity index (χ3n) is 7.10. The predicted molar refractivity (Wildman–Crippen MR) is 141 cm³/mol. The summed E-state index contributed by atoms with van der Waals surface area (Å²) < 4.78 is 0. The molecule has 1 saturated carbocycles. The van der Waals surface area contributed by atoms with Crippen LogP contribution in [0, 0.1) is 13.8 Å². The standard InChI is InChI=1S/C31H36N2O2/c1-23-17-18-27(19-24(23)2)21-30(34)33(22-26-13-7-4-8-14-26)29(20-25-11-5-3-6-12-25)31(35)32-28-15-9-10-16-28/h3-8,11-14,17-19,28-29H,9-10,15-16,20-22H2,1-2H3,(H,32,35). The van der Waals surface area contributed by atoms with Gasteiger partial charge in [0.05, 0.1) is 6.42 Å². The largest absolute Gasteiger partial charge is 0.352 e. The van der Waals surface area contributed by atoms with Crippen molar-refractivity contribution in [1.29, 1.82) is 0 Å². The van der Waals surface area contributed by atoms with Crippen LogP contribution in [-0.2, 0) is 29.0 Å². The SMILES string of the molecule is Cc1ccc(CC(=O)N(Cc2ccccc2)C(Cc2ccccc2)C(=O)NC2CCCC2)cc1C. The number of carbonyl (C=O) groups is 2. The van der Waals surface area contributed by atoms with Crippen LogP contribution in [0.1, 0.15) is 53.5 Å². The lowest BCUT2D eigenvalue weighted by atomic mass is 10.00. The predicted octanol–water partition coefficient (Wildman–Crippen LogP) is 5.54. The first kappa shape index (κ1) is 24.7. The van der Waals surface area contributed by atoms with Crippen LogP contribution < -0.4 is 5.32 Å². The van der Waals surface area contributed by atoms with Crippen LogP contribution in [0.4, 0.5) is 0 Å². The van der Waals surface area contributed by atoms with Gasteiger partial charge in [-0.1, -0.05) is 91.7 Å². The van der Waals surface area contributed by atoms with Gasteiger partial charge in [-0.05, 0) is 54.5 Å². The average molecular weight is 469 g/mol. The fourth-order valence-corrected chi connectivity index (χ4v) is 4.89. The summed E-state index contributed by atoms with van der Waals surface area (Å²) in [5, 5.41) is 3.27. The zero-order chi connectivity index (χ0) is 24.6. The Kier molecular flexibility index (Phi) is 8.36. The minimum absolute atomic E-state index is 0.0281. The first-order chi connectivity index (χ1) is 17.0. The van der Waals surface area contributed by atoms with E-state index in [-0.39, 0.29) is 24.3 Å². The van der Waals surface area contributed by atoms with Crippen molar-refractivity contribution in [3.8, 4) is 0 Å². The smallest absolute Gasteiger partial charge is 0.243 e. The van der Waals surface area contributed by atoms with Gasteiger partial charge in [0.1, 0.15) is 6.04 Å². The van der Waals surface area contributed by atoms with Crippen molar-refractivity contribution in [2.75, 3.05) is 0 Å². The highest BCUT2D eigenvalue weighted by molar-refractivity contribution is 5.89. The molecule has 0 radical (unpaired) electrons. The Hall–Kier alpha value is -3.40. The van der Waals surface area contributed by atoms with Crippen molar-refractivity contribution >= 4 is 11.8 Å². The molecule has 0 heterocycles. The lowest BCUT2D eigenvalue weighted by Crippen LogP contribution is -2.52. The highest BCUT2D eigenvalue weighted by Crippen LogP contribution is 2.21. The van der Waals surface area contributed by atoms with E-state index in [0.29, 0.717) is 13.0 Å². The van der Waals surface area contributed by atoms with Crippen LogP contribution in [0.25, 0.3) is 0 Å². The number of nitrogens with zero attached hydrogens (tertiary/aromatic N) is 1. The van der Waals surface area contributed by atoms with Crippen LogP contribution in [0.5, 0.6) is 0 Å². The van der Waals surface area contributed by atoms with Crippen LogP contribution in [0.2, 0.25) is 0 Å². The van der Waals surface area contributed by atoms with Crippen LogP contribution in [0.15, 0.2) is 78.9 Å². The normalized spacial score (nSPS) is 14.5. The van der Waals surface area contributed by atoms with Crippen molar-refractivity contribution in [3.05, 3.63) is 107 Å². The molecule has 1 N–H and O–H groups in total. The molecule has 1 unspecified atom stereocenters. The second kappa shape index (κ2) is 11.8. The molecule has 0 saturated heterocycles. The molecule has 1 fully saturated rings. The first-order valence-electron chi connectivity index (χ1n) is 12.7. The Labute approximate surface area is 209 Å². The van der Waals surface area contributed by atoms with Gasteiger partial charge in [0.25, 0.3) is 0 Å². The molecule has 1 aliphatic carbocycles. The Morgan fingerprint density at radius 3 is 2.09 bits per heavy atom. The van der Waals surface area contributed by atoms with Crippen molar-refractivity contribution < 1.29 is 9.59 Å². The summed E-state index contributed by atoms with van der Waals surface area (Å²) in [6.07, 6.45) is 5.08. The highest BCUT2D eigenvalue weighted by Gasteiger charge is 2.32. The number of hydrogen-bond acceptors (Lipinski definition) is 2. The number of amides is 2. The van der Waals surface area contributed by atoms with Crippen molar-refractivity contribution in [2.24, 2.45) is 0 Å². The fourth-order valence-electron chi connectivity index (χ4n) is 4.89. The molecule has 0 aliphatic heterocycles. The maximum absolute atomic E-state index is 13.8. The number of carbonyl (C=O) groups excluding carboxylic acids is 2. The number of rotatable bonds is 9. The van der Waals surface area contributed by atoms with Crippen molar-refractivity contribution in [1.82, 2.24) is 10.2 Å². The lowest BCUT2D eigenvalue weighted by Gasteiger charge is -2.32. The molecule has 0 aromatic heterocycles. The van der Waals surface area contributed by atoms with Crippen LogP contribution in [-0.4, -0.2) is 28.8 Å². The Balaban J connectivity index is 1.64. The van der Waals surface area contributed by atoms with Gasteiger partial charge in [-0.25, -0.2) is 0 Å². The molecule has 0 bridgehead atoms. The molecule has 4 rings (SSSR count). The van der Waals surface area contributed by atoms with Crippen molar-refractivity contribution in [2.45, 2.75) is 71.0 Å². The average Bonchev–Trinajstić information content (AvgIpc) is 3.38. The number of nitrogens with one attached hydrogen (secondary N) is 1. The Bertz CT molecular complexity index is 1120. The molecule has 4 heteroatoms. The second-order valence-electron chi connectivity index (χ2n) is 9.80. The molecule has 2 amide bonds. The summed E-state index contributed by atoms with van der Waals surface area (Å²) in [4.78, 5) is 29.3. The van der Waals surface area contributed by atoms with Crippen LogP contribution >= 0.6 is 0 Å². The van der Waals surface area contributed by atoms with Gasteiger partial charge in [0, 0.05) is 19.0 Å². The minimum Gasteiger partial charge on any atom is -0.352 e. The van der Waals surface area contributed by atoms with E-state index in [2.05, 4.69) is 31.3 Å². The monoisotopic (exact) mass is 468 g/mol. The zero-order valence-electron chi connectivity index (χ0n) is 20.9. The van der Waals surface area contributed by atoms with E-state index in [9.17, 15) is 9.59 Å². The molecule has 1 aliphatic rings. The number of benzene rings is 3. The lowest BCUT2D eigenvalue weighted by molar-refractivity contribution is -0.141. The van der Waals surface area contributed by atoms with E-state index in [1.165, 1.54) is 11.1 Å². The Morgan fingerprint density at radius 2 is 1.46 bits per heavy atom. The van der Waals surface area contributed by atoms with E-state index < -0.39 is 6.04 Å². The fraction of sp³-hybridized carbons (Fsp3) is 0.355. The zero-order valence-corrected chi connectivity index (χ0v) is 20.9. The van der Waals surface area contributed by atoms with Crippen molar-refractivity contribution in [3.63, 3.8) is 0 Å². The second-order valence-corrected chi connectivity index (χ2v) is 9.80. The summed E-state index contributed by atoms with van der Waals surface area (Å²) in [5.74, 6) is -0.0790. The maximum atomic E-state index is 13.8. The Morgan fingerprint density at radius 1 is 0.829 bits per heavy atom. The molecule has 4 nitrogen and oxygen atoms in total. The number of hydrogen-bond donors (Lipinski definition) is 1. The van der Waals surface area contributed by atoms with Gasteiger partial charge in [-0.2, -0.15) is 0 Å². The molecule has 3 aromatic carbocycles. The van der Waals surface area contributed by atoms with E-state index >= 15 is 0 Å². The topological polar surface area (TPSA) is 49.4 Å². The van der Waals surface area contributed by atoms with Gasteiger partial charge in [0.2, 0.25) is 11.8 Å². The first-order valence-corrected chi connectivity index (χ1v) is 12.7. The van der Waals surface area contributed by atoms with E-state index in [0.717, 1.165) is 42.4 Å². The summed E-state index contributed by atoms with van der Waals surface area (Å²) in [6, 6.07) is 25.8. The van der Waals surface area contributed by atoms with Gasteiger partial charge in [-0.3, -0.25) is 9.59 Å². The minimum atomic E-state index is -0.572. The molecule has 0 spiro atoms. The molecule has 182 valence electrons. The summed E-state index contributed by atoms with van der Waals surface area (Å²) in [5.41, 5.74) is 5.43. The molecular formula is C31H36N2O2.